The molecule has 3 fully saturated rings. The quantitative estimate of drug-likeness (QED) is 0.255. The summed E-state index contributed by atoms with van der Waals surface area (Å²) in [5, 5.41) is 7.81. The summed E-state index contributed by atoms with van der Waals surface area (Å²) in [6.07, 6.45) is 2.63. The van der Waals surface area contributed by atoms with E-state index in [9.17, 15) is 14.4 Å². The van der Waals surface area contributed by atoms with Crippen LogP contribution in [0.2, 0.25) is 0 Å². The van der Waals surface area contributed by atoms with E-state index in [2.05, 4.69) is 42.8 Å². The zero-order valence-corrected chi connectivity index (χ0v) is 22.3. The summed E-state index contributed by atoms with van der Waals surface area (Å²) in [4.78, 5) is 38.1. The van der Waals surface area contributed by atoms with Crippen LogP contribution in [0.15, 0.2) is 11.6 Å². The predicted octanol–water partition coefficient (Wildman–Crippen LogP) is 0.583. The lowest BCUT2D eigenvalue weighted by molar-refractivity contribution is -0.126. The highest BCUT2D eigenvalue weighted by molar-refractivity contribution is 5.92. The Morgan fingerprint density at radius 3 is 2.56 bits per heavy atom. The first-order chi connectivity index (χ1) is 17.0. The third-order valence-corrected chi connectivity index (χ3v) is 7.30. The van der Waals surface area contributed by atoms with Gasteiger partial charge in [0.25, 0.3) is 0 Å². The zero-order chi connectivity index (χ0) is 26.5. The molecule has 0 aromatic rings. The first kappa shape index (κ1) is 28.5. The Balaban J connectivity index is 1.51. The van der Waals surface area contributed by atoms with Crippen LogP contribution in [-0.4, -0.2) is 106 Å². The van der Waals surface area contributed by atoms with Gasteiger partial charge in [0.15, 0.2) is 0 Å². The van der Waals surface area contributed by atoms with Crippen molar-refractivity contribution in [3.8, 4) is 0 Å². The summed E-state index contributed by atoms with van der Waals surface area (Å²) in [7, 11) is 5.04. The molecule has 2 aliphatic heterocycles. The molecule has 2 saturated heterocycles. The summed E-state index contributed by atoms with van der Waals surface area (Å²) >= 11 is 0. The van der Waals surface area contributed by atoms with Crippen molar-refractivity contribution in [2.45, 2.75) is 69.5 Å². The van der Waals surface area contributed by atoms with E-state index in [1.54, 1.807) is 26.1 Å². The third-order valence-electron chi connectivity index (χ3n) is 7.30. The second-order valence-electron chi connectivity index (χ2n) is 10.5. The molecule has 0 bridgehead atoms. The minimum absolute atomic E-state index is 0.00704. The Hall–Kier alpha value is -2.05. The summed E-state index contributed by atoms with van der Waals surface area (Å²) in [6, 6.07) is 0. The van der Waals surface area contributed by atoms with Gasteiger partial charge in [0.1, 0.15) is 23.4 Å². The van der Waals surface area contributed by atoms with Crippen LogP contribution in [0.3, 0.4) is 0 Å². The fourth-order valence-corrected chi connectivity index (χ4v) is 5.32. The van der Waals surface area contributed by atoms with Crippen molar-refractivity contribution in [1.82, 2.24) is 20.9 Å². The number of nitrogens with one attached hydrogen (secondary N) is 3. The minimum atomic E-state index is -0.794. The zero-order valence-electron chi connectivity index (χ0n) is 22.3. The number of allylic oxidation sites excluding steroid dienone is 1. The number of epoxide rings is 2. The summed E-state index contributed by atoms with van der Waals surface area (Å²) in [6.45, 7) is 7.94. The van der Waals surface area contributed by atoms with Gasteiger partial charge in [0.05, 0.1) is 31.7 Å². The Kier molecular flexibility index (Phi) is 9.50. The normalized spacial score (nSPS) is 32.6. The van der Waals surface area contributed by atoms with Crippen LogP contribution in [0, 0.1) is 5.92 Å². The number of nitrogens with zero attached hydrogens (tertiary/aromatic N) is 1. The van der Waals surface area contributed by atoms with E-state index in [-0.39, 0.29) is 36.6 Å². The molecule has 3 N–H and O–H groups in total. The number of imide groups is 1. The van der Waals surface area contributed by atoms with Crippen molar-refractivity contribution in [3.05, 3.63) is 11.6 Å². The van der Waals surface area contributed by atoms with E-state index >= 15 is 0 Å². The number of amides is 3. The standard InChI is InChI=1S/C25H42N4O7/c1-16(2)7-8-18-24(3,36-18)22-21(33-6)17(9-10-25(22)15-34-25)35-23(32)28-20(31)14-29(5)12-11-27-19(30)13-26-4/h7,17-18,21-22,26H,8-15H2,1-6H3,(H,27,30)(H,28,31,32)/t17?,18-,21?,22?,24-,25+/m1/s1. The molecule has 204 valence electrons. The molecule has 6 atom stereocenters. The number of methoxy groups -OCH3 is 1. The molecular formula is C25H42N4O7. The van der Waals surface area contributed by atoms with Crippen LogP contribution < -0.4 is 16.0 Å². The lowest BCUT2D eigenvalue weighted by atomic mass is 9.68. The number of ether oxygens (including phenoxy) is 4. The second-order valence-corrected chi connectivity index (χ2v) is 10.5. The number of carbonyl (C=O) groups is 3. The number of alkyl carbamates (subject to hydrolysis) is 1. The number of hydrogen-bond acceptors (Lipinski definition) is 9. The van der Waals surface area contributed by atoms with Crippen molar-refractivity contribution in [2.75, 3.05) is 54.0 Å². The van der Waals surface area contributed by atoms with Gasteiger partial charge < -0.3 is 29.6 Å². The van der Waals surface area contributed by atoms with Crippen LogP contribution in [0.1, 0.15) is 40.0 Å². The first-order valence-corrected chi connectivity index (χ1v) is 12.6. The van der Waals surface area contributed by atoms with Crippen molar-refractivity contribution in [1.29, 1.82) is 0 Å². The number of carbonyl (C=O) groups excluding carboxylic acids is 3. The molecule has 3 aliphatic rings. The fraction of sp³-hybridized carbons (Fsp3) is 0.800. The smallest absolute Gasteiger partial charge is 0.414 e. The van der Waals surface area contributed by atoms with Gasteiger partial charge in [0.2, 0.25) is 11.8 Å². The maximum atomic E-state index is 12.6. The van der Waals surface area contributed by atoms with E-state index in [1.165, 1.54) is 5.57 Å². The highest BCUT2D eigenvalue weighted by Crippen LogP contribution is 2.59. The summed E-state index contributed by atoms with van der Waals surface area (Å²) < 4.78 is 23.7. The molecule has 3 amide bonds. The number of hydrogen-bond donors (Lipinski definition) is 3. The van der Waals surface area contributed by atoms with Crippen molar-refractivity contribution >= 4 is 17.9 Å². The highest BCUT2D eigenvalue weighted by atomic mass is 16.6. The highest BCUT2D eigenvalue weighted by Gasteiger charge is 2.72. The number of rotatable bonds is 12. The molecule has 36 heavy (non-hydrogen) atoms. The monoisotopic (exact) mass is 510 g/mol. The molecule has 11 heteroatoms. The molecule has 0 radical (unpaired) electrons. The van der Waals surface area contributed by atoms with Gasteiger partial charge >= 0.3 is 6.09 Å². The Morgan fingerprint density at radius 1 is 1.22 bits per heavy atom. The third kappa shape index (κ3) is 7.04. The van der Waals surface area contributed by atoms with Gasteiger partial charge in [-0.25, -0.2) is 4.79 Å². The van der Waals surface area contributed by atoms with E-state index in [0.29, 0.717) is 26.1 Å². The molecule has 0 aromatic heterocycles. The lowest BCUT2D eigenvalue weighted by Gasteiger charge is -2.42. The van der Waals surface area contributed by atoms with Crippen LogP contribution in [-0.2, 0) is 28.5 Å². The largest absolute Gasteiger partial charge is 0.443 e. The predicted molar refractivity (Wildman–Crippen MR) is 132 cm³/mol. The van der Waals surface area contributed by atoms with Crippen molar-refractivity contribution < 1.29 is 33.3 Å². The van der Waals surface area contributed by atoms with Crippen LogP contribution in [0.25, 0.3) is 0 Å². The van der Waals surface area contributed by atoms with Gasteiger partial charge in [-0.15, -0.1) is 0 Å². The van der Waals surface area contributed by atoms with Crippen molar-refractivity contribution in [3.63, 3.8) is 0 Å². The SMILES string of the molecule is CNCC(=O)NCCN(C)CC(=O)NC(=O)OC1CC[C@]2(CO2)C([C@]2(C)O[C@@H]2CC=C(C)C)C1OC. The van der Waals surface area contributed by atoms with E-state index < -0.39 is 29.8 Å². The summed E-state index contributed by atoms with van der Waals surface area (Å²) in [5.41, 5.74) is 0.499. The lowest BCUT2D eigenvalue weighted by Crippen LogP contribution is -2.56. The topological polar surface area (TPSA) is 134 Å². The Labute approximate surface area is 213 Å². The van der Waals surface area contributed by atoms with Gasteiger partial charge in [-0.3, -0.25) is 19.8 Å². The maximum absolute atomic E-state index is 12.6. The number of likely N-dealkylation sites (N-methyl/N-ethyl adjacent to an activating group) is 2. The molecule has 1 spiro atoms. The van der Waals surface area contributed by atoms with Crippen LogP contribution >= 0.6 is 0 Å². The van der Waals surface area contributed by atoms with E-state index in [0.717, 1.165) is 12.8 Å². The van der Waals surface area contributed by atoms with E-state index in [4.69, 9.17) is 18.9 Å². The first-order valence-electron chi connectivity index (χ1n) is 12.6. The van der Waals surface area contributed by atoms with Gasteiger partial charge in [-0.2, -0.15) is 0 Å². The molecule has 0 aromatic carbocycles. The molecule has 2 heterocycles. The second kappa shape index (κ2) is 12.0. The van der Waals surface area contributed by atoms with Crippen LogP contribution in [0.5, 0.6) is 0 Å². The fourth-order valence-electron chi connectivity index (χ4n) is 5.32. The molecule has 3 rings (SSSR count). The Morgan fingerprint density at radius 2 is 1.94 bits per heavy atom. The molecule has 1 saturated carbocycles. The van der Waals surface area contributed by atoms with Gasteiger partial charge in [-0.05, 0) is 54.1 Å². The van der Waals surface area contributed by atoms with Crippen LogP contribution in [0.4, 0.5) is 4.79 Å². The molecule has 3 unspecified atom stereocenters. The van der Waals surface area contributed by atoms with Gasteiger partial charge in [-0.1, -0.05) is 11.6 Å². The average molecular weight is 511 g/mol. The van der Waals surface area contributed by atoms with E-state index in [1.807, 2.05) is 0 Å². The molecule has 11 nitrogen and oxygen atoms in total. The molecular weight excluding hydrogens is 468 g/mol. The van der Waals surface area contributed by atoms with Gasteiger partial charge in [0, 0.05) is 20.2 Å². The summed E-state index contributed by atoms with van der Waals surface area (Å²) in [5.74, 6) is -0.687. The Bertz CT molecular complexity index is 842. The maximum Gasteiger partial charge on any atom is 0.414 e. The molecule has 1 aliphatic carbocycles. The van der Waals surface area contributed by atoms with Crippen molar-refractivity contribution in [2.24, 2.45) is 5.92 Å². The minimum Gasteiger partial charge on any atom is -0.443 e. The average Bonchev–Trinajstić information content (AvgIpc) is 3.70.